The number of hydrogen-bond acceptors (Lipinski definition) is 1. The van der Waals surface area contributed by atoms with Gasteiger partial charge in [0, 0.05) is 0 Å². The molecule has 1 nitrogen and oxygen atoms in total. The van der Waals surface area contributed by atoms with Crippen LogP contribution in [0.2, 0.25) is 0 Å². The summed E-state index contributed by atoms with van der Waals surface area (Å²) in [6.45, 7) is 8.75. The Labute approximate surface area is 63.4 Å². The highest BCUT2D eigenvalue weighted by atomic mass is 16.3. The molecule has 0 aliphatic heterocycles. The van der Waals surface area contributed by atoms with E-state index in [9.17, 15) is 5.11 Å². The van der Waals surface area contributed by atoms with Crippen LogP contribution in [0.15, 0.2) is 0 Å². The van der Waals surface area contributed by atoms with Crippen LogP contribution >= 0.6 is 0 Å². The first-order valence-electron chi connectivity index (χ1n) is 4.19. The number of aliphatic hydroxyl groups is 1. The van der Waals surface area contributed by atoms with E-state index in [0.29, 0.717) is 17.3 Å². The van der Waals surface area contributed by atoms with Gasteiger partial charge in [-0.1, -0.05) is 27.7 Å². The fraction of sp³-hybridized carbons (Fsp3) is 1.00. The van der Waals surface area contributed by atoms with Crippen LogP contribution in [0.3, 0.4) is 0 Å². The maximum Gasteiger partial charge on any atom is 0.0573 e. The Bertz CT molecular complexity index is 129. The monoisotopic (exact) mass is 142 g/mol. The second kappa shape index (κ2) is 2.23. The third kappa shape index (κ3) is 0.968. The van der Waals surface area contributed by atoms with Gasteiger partial charge in [0.2, 0.25) is 0 Å². The molecule has 0 aromatic rings. The zero-order chi connectivity index (χ0) is 7.94. The van der Waals surface area contributed by atoms with Crippen molar-refractivity contribution in [3.63, 3.8) is 0 Å². The molecule has 10 heavy (non-hydrogen) atoms. The maximum atomic E-state index is 9.50. The smallest absolute Gasteiger partial charge is 0.0573 e. The van der Waals surface area contributed by atoms with E-state index in [1.165, 1.54) is 0 Å². The lowest BCUT2D eigenvalue weighted by atomic mass is 10.0. The van der Waals surface area contributed by atoms with Crippen molar-refractivity contribution in [1.82, 2.24) is 0 Å². The fourth-order valence-corrected chi connectivity index (χ4v) is 2.02. The van der Waals surface area contributed by atoms with Crippen LogP contribution in [0.25, 0.3) is 0 Å². The minimum Gasteiger partial charge on any atom is -0.393 e. The van der Waals surface area contributed by atoms with Crippen molar-refractivity contribution in [1.29, 1.82) is 0 Å². The van der Waals surface area contributed by atoms with Crippen molar-refractivity contribution >= 4 is 0 Å². The Morgan fingerprint density at radius 1 is 1.50 bits per heavy atom. The predicted molar refractivity (Wildman–Crippen MR) is 42.7 cm³/mol. The van der Waals surface area contributed by atoms with Crippen LogP contribution in [-0.4, -0.2) is 11.2 Å². The van der Waals surface area contributed by atoms with Gasteiger partial charge in [-0.25, -0.2) is 0 Å². The predicted octanol–water partition coefficient (Wildman–Crippen LogP) is 2.05. The summed E-state index contributed by atoms with van der Waals surface area (Å²) in [5.74, 6) is 1.26. The van der Waals surface area contributed by atoms with Gasteiger partial charge < -0.3 is 5.11 Å². The normalized spacial score (nSPS) is 39.3. The van der Waals surface area contributed by atoms with Gasteiger partial charge in [-0.05, 0) is 23.7 Å². The quantitative estimate of drug-likeness (QED) is 0.625. The van der Waals surface area contributed by atoms with Gasteiger partial charge in [-0.15, -0.1) is 0 Å². The summed E-state index contributed by atoms with van der Waals surface area (Å²) in [5.41, 5.74) is 0.398. The molecule has 1 rings (SSSR count). The summed E-state index contributed by atoms with van der Waals surface area (Å²) in [6, 6.07) is 0. The van der Waals surface area contributed by atoms with Gasteiger partial charge in [0.25, 0.3) is 0 Å². The summed E-state index contributed by atoms with van der Waals surface area (Å²) < 4.78 is 0. The van der Waals surface area contributed by atoms with E-state index in [1.54, 1.807) is 0 Å². The molecule has 0 bridgehead atoms. The third-order valence-electron chi connectivity index (χ3n) is 3.30. The molecule has 1 fully saturated rings. The summed E-state index contributed by atoms with van der Waals surface area (Å²) in [4.78, 5) is 0. The lowest BCUT2D eigenvalue weighted by Gasteiger charge is -2.07. The van der Waals surface area contributed by atoms with Crippen molar-refractivity contribution in [3.8, 4) is 0 Å². The standard InChI is InChI=1S/C9H18O/c1-5-7(10)8-6(2)9(8,3)4/h6-8,10H,5H2,1-4H3/t6-,7-,8-/m0/s1. The van der Waals surface area contributed by atoms with E-state index < -0.39 is 0 Å². The molecule has 0 unspecified atom stereocenters. The molecule has 0 heterocycles. The van der Waals surface area contributed by atoms with E-state index in [2.05, 4.69) is 20.8 Å². The van der Waals surface area contributed by atoms with Crippen molar-refractivity contribution < 1.29 is 5.11 Å². The van der Waals surface area contributed by atoms with Crippen LogP contribution in [0, 0.1) is 17.3 Å². The van der Waals surface area contributed by atoms with E-state index in [-0.39, 0.29) is 6.10 Å². The maximum absolute atomic E-state index is 9.50. The van der Waals surface area contributed by atoms with Crippen molar-refractivity contribution in [2.24, 2.45) is 17.3 Å². The van der Waals surface area contributed by atoms with Gasteiger partial charge in [0.15, 0.2) is 0 Å². The van der Waals surface area contributed by atoms with E-state index in [0.717, 1.165) is 6.42 Å². The SMILES string of the molecule is CC[C@H](O)[C@@H]1[C@H](C)C1(C)C. The lowest BCUT2D eigenvalue weighted by Crippen LogP contribution is -2.11. The molecular weight excluding hydrogens is 124 g/mol. The first-order chi connectivity index (χ1) is 4.51. The first kappa shape index (κ1) is 8.06. The molecule has 1 N–H and O–H groups in total. The molecule has 0 aromatic heterocycles. The summed E-state index contributed by atoms with van der Waals surface area (Å²) >= 11 is 0. The highest BCUT2D eigenvalue weighted by molar-refractivity contribution is 5.05. The van der Waals surface area contributed by atoms with Gasteiger partial charge in [-0.3, -0.25) is 0 Å². The molecule has 0 amide bonds. The average molecular weight is 142 g/mol. The molecule has 0 spiro atoms. The highest BCUT2D eigenvalue weighted by Crippen LogP contribution is 2.59. The zero-order valence-electron chi connectivity index (χ0n) is 7.39. The van der Waals surface area contributed by atoms with Gasteiger partial charge in [-0.2, -0.15) is 0 Å². The third-order valence-corrected chi connectivity index (χ3v) is 3.30. The van der Waals surface area contributed by atoms with Crippen molar-refractivity contribution in [2.75, 3.05) is 0 Å². The molecule has 0 aromatic carbocycles. The molecular formula is C9H18O. The van der Waals surface area contributed by atoms with E-state index >= 15 is 0 Å². The van der Waals surface area contributed by atoms with Gasteiger partial charge >= 0.3 is 0 Å². The number of aliphatic hydroxyl groups excluding tert-OH is 1. The van der Waals surface area contributed by atoms with E-state index in [4.69, 9.17) is 0 Å². The summed E-state index contributed by atoms with van der Waals surface area (Å²) in [5, 5.41) is 9.50. The summed E-state index contributed by atoms with van der Waals surface area (Å²) in [7, 11) is 0. The minimum atomic E-state index is -0.0648. The molecule has 1 aliphatic carbocycles. The molecule has 60 valence electrons. The fourth-order valence-electron chi connectivity index (χ4n) is 2.02. The molecule has 0 saturated heterocycles. The average Bonchev–Trinajstić information content (AvgIpc) is 2.33. The molecule has 0 radical (unpaired) electrons. The Morgan fingerprint density at radius 2 is 1.90 bits per heavy atom. The first-order valence-corrected chi connectivity index (χ1v) is 4.19. The van der Waals surface area contributed by atoms with Crippen LogP contribution in [0.5, 0.6) is 0 Å². The Kier molecular flexibility index (Phi) is 1.80. The van der Waals surface area contributed by atoms with Gasteiger partial charge in [0.05, 0.1) is 6.10 Å². The van der Waals surface area contributed by atoms with Crippen molar-refractivity contribution in [2.45, 2.75) is 40.2 Å². The zero-order valence-corrected chi connectivity index (χ0v) is 7.39. The summed E-state index contributed by atoms with van der Waals surface area (Å²) in [6.07, 6.45) is 0.836. The largest absolute Gasteiger partial charge is 0.393 e. The molecule has 1 heteroatoms. The van der Waals surface area contributed by atoms with Crippen LogP contribution in [0.4, 0.5) is 0 Å². The second-order valence-corrected chi connectivity index (χ2v) is 4.11. The Hall–Kier alpha value is -0.0400. The van der Waals surface area contributed by atoms with Crippen LogP contribution in [0.1, 0.15) is 34.1 Å². The van der Waals surface area contributed by atoms with E-state index in [1.807, 2.05) is 6.92 Å². The second-order valence-electron chi connectivity index (χ2n) is 4.11. The Balaban J connectivity index is 2.48. The molecule has 3 atom stereocenters. The van der Waals surface area contributed by atoms with Crippen LogP contribution < -0.4 is 0 Å². The van der Waals surface area contributed by atoms with Gasteiger partial charge in [0.1, 0.15) is 0 Å². The number of hydrogen-bond donors (Lipinski definition) is 1. The molecule has 1 aliphatic rings. The topological polar surface area (TPSA) is 20.2 Å². The van der Waals surface area contributed by atoms with Crippen LogP contribution in [-0.2, 0) is 0 Å². The molecule has 1 saturated carbocycles. The van der Waals surface area contributed by atoms with Crippen molar-refractivity contribution in [3.05, 3.63) is 0 Å². The minimum absolute atomic E-state index is 0.0648. The number of rotatable bonds is 2. The Morgan fingerprint density at radius 3 is 2.00 bits per heavy atom. The highest BCUT2D eigenvalue weighted by Gasteiger charge is 2.57. The lowest BCUT2D eigenvalue weighted by molar-refractivity contribution is 0.130.